The van der Waals surface area contributed by atoms with Crippen LogP contribution in [0.4, 0.5) is 0 Å². The SMILES string of the molecule is CCN(CC)S(=O)(=O)c1ccc(Cl)c(C(=O)OCC(=O)N/N=C2/CC3CCC2(C)C3(C)C)c1. The molecule has 2 aliphatic rings. The van der Waals surface area contributed by atoms with Gasteiger partial charge in [0.25, 0.3) is 5.91 Å². The molecule has 0 spiro atoms. The van der Waals surface area contributed by atoms with E-state index in [1.807, 2.05) is 0 Å². The van der Waals surface area contributed by atoms with Gasteiger partial charge in [0, 0.05) is 24.2 Å². The molecule has 2 atom stereocenters. The highest BCUT2D eigenvalue weighted by Gasteiger charge is 2.60. The van der Waals surface area contributed by atoms with Crippen LogP contribution in [0.15, 0.2) is 28.2 Å². The second-order valence-electron chi connectivity index (χ2n) is 9.39. The van der Waals surface area contributed by atoms with E-state index in [0.717, 1.165) is 25.0 Å². The highest BCUT2D eigenvalue weighted by Crippen LogP contribution is 2.63. The molecule has 2 unspecified atom stereocenters. The number of ether oxygens (including phenoxy) is 1. The van der Waals surface area contributed by atoms with Gasteiger partial charge in [-0.1, -0.05) is 46.2 Å². The van der Waals surface area contributed by atoms with Crippen molar-refractivity contribution in [2.75, 3.05) is 19.7 Å². The Labute approximate surface area is 200 Å². The van der Waals surface area contributed by atoms with Gasteiger partial charge in [-0.25, -0.2) is 18.6 Å². The number of hydrogen-bond donors (Lipinski definition) is 1. The summed E-state index contributed by atoms with van der Waals surface area (Å²) in [6.45, 7) is 10.2. The Kier molecular flexibility index (Phi) is 7.27. The molecule has 1 aromatic carbocycles. The fourth-order valence-corrected chi connectivity index (χ4v) is 6.68. The van der Waals surface area contributed by atoms with Crippen LogP contribution in [0.5, 0.6) is 0 Å². The molecule has 0 aliphatic heterocycles. The molecule has 182 valence electrons. The molecule has 2 fully saturated rings. The van der Waals surface area contributed by atoms with Crippen LogP contribution in [0.1, 0.15) is 64.2 Å². The summed E-state index contributed by atoms with van der Waals surface area (Å²) in [4.78, 5) is 24.7. The highest BCUT2D eigenvalue weighted by atomic mass is 35.5. The molecule has 3 rings (SSSR count). The minimum absolute atomic E-state index is 0.0382. The van der Waals surface area contributed by atoms with Gasteiger partial charge in [0.1, 0.15) is 0 Å². The van der Waals surface area contributed by atoms with Gasteiger partial charge in [-0.3, -0.25) is 4.79 Å². The minimum Gasteiger partial charge on any atom is -0.452 e. The van der Waals surface area contributed by atoms with Crippen molar-refractivity contribution >= 4 is 39.2 Å². The van der Waals surface area contributed by atoms with Crippen LogP contribution < -0.4 is 5.43 Å². The van der Waals surface area contributed by atoms with Gasteiger partial charge in [-0.05, 0) is 48.8 Å². The van der Waals surface area contributed by atoms with Crippen LogP contribution in [0.25, 0.3) is 0 Å². The van der Waals surface area contributed by atoms with Crippen molar-refractivity contribution in [3.63, 3.8) is 0 Å². The Morgan fingerprint density at radius 3 is 2.45 bits per heavy atom. The number of hydrogen-bond acceptors (Lipinski definition) is 6. The molecule has 33 heavy (non-hydrogen) atoms. The topological polar surface area (TPSA) is 105 Å². The average molecular weight is 498 g/mol. The van der Waals surface area contributed by atoms with Gasteiger partial charge in [0.2, 0.25) is 10.0 Å². The minimum atomic E-state index is -3.77. The fraction of sp³-hybridized carbons (Fsp3) is 0.609. The van der Waals surface area contributed by atoms with Crippen molar-refractivity contribution < 1.29 is 22.7 Å². The van der Waals surface area contributed by atoms with E-state index in [1.165, 1.54) is 22.5 Å². The number of carbonyl (C=O) groups excluding carboxylic acids is 2. The summed E-state index contributed by atoms with van der Waals surface area (Å²) >= 11 is 6.10. The van der Waals surface area contributed by atoms with E-state index in [1.54, 1.807) is 13.8 Å². The predicted octanol–water partition coefficient (Wildman–Crippen LogP) is 3.85. The number of esters is 1. The number of carbonyl (C=O) groups is 2. The zero-order valence-electron chi connectivity index (χ0n) is 19.8. The van der Waals surface area contributed by atoms with Crippen molar-refractivity contribution in [2.45, 2.75) is 58.8 Å². The third kappa shape index (κ3) is 4.55. The number of amides is 1. The Hall–Kier alpha value is -1.97. The number of nitrogens with zero attached hydrogens (tertiary/aromatic N) is 2. The maximum atomic E-state index is 12.7. The number of sulfonamides is 1. The van der Waals surface area contributed by atoms with Crippen LogP contribution in [-0.4, -0.2) is 50.0 Å². The summed E-state index contributed by atoms with van der Waals surface area (Å²) in [6.07, 6.45) is 3.06. The first-order valence-corrected chi connectivity index (χ1v) is 13.0. The lowest BCUT2D eigenvalue weighted by molar-refractivity contribution is -0.124. The second-order valence-corrected chi connectivity index (χ2v) is 11.7. The third-order valence-electron chi connectivity index (χ3n) is 7.66. The molecule has 0 aromatic heterocycles. The maximum absolute atomic E-state index is 12.7. The Bertz CT molecular complexity index is 1080. The van der Waals surface area contributed by atoms with Gasteiger partial charge in [-0.2, -0.15) is 9.41 Å². The summed E-state index contributed by atoms with van der Waals surface area (Å²) < 4.78 is 31.8. The molecule has 10 heteroatoms. The largest absolute Gasteiger partial charge is 0.452 e. The third-order valence-corrected chi connectivity index (χ3v) is 10.0. The number of benzene rings is 1. The van der Waals surface area contributed by atoms with Crippen molar-refractivity contribution in [3.8, 4) is 0 Å². The summed E-state index contributed by atoms with van der Waals surface area (Å²) in [5.74, 6) is -0.895. The van der Waals surface area contributed by atoms with Gasteiger partial charge in [0.15, 0.2) is 6.61 Å². The number of fused-ring (bicyclic) bond motifs is 2. The monoisotopic (exact) mass is 497 g/mol. The van der Waals surface area contributed by atoms with E-state index in [2.05, 4.69) is 31.3 Å². The first-order valence-electron chi connectivity index (χ1n) is 11.2. The van der Waals surface area contributed by atoms with E-state index < -0.39 is 28.5 Å². The summed E-state index contributed by atoms with van der Waals surface area (Å²) in [5.41, 5.74) is 3.44. The maximum Gasteiger partial charge on any atom is 0.340 e. The smallest absolute Gasteiger partial charge is 0.340 e. The molecule has 0 heterocycles. The molecular formula is C23H32ClN3O5S. The summed E-state index contributed by atoms with van der Waals surface area (Å²) in [6, 6.07) is 3.85. The molecule has 1 N–H and O–H groups in total. The average Bonchev–Trinajstić information content (AvgIpc) is 3.10. The van der Waals surface area contributed by atoms with Crippen molar-refractivity contribution in [3.05, 3.63) is 28.8 Å². The van der Waals surface area contributed by atoms with E-state index >= 15 is 0 Å². The van der Waals surface area contributed by atoms with Gasteiger partial charge in [0.05, 0.1) is 15.5 Å². The Balaban J connectivity index is 1.65. The molecule has 1 aromatic rings. The molecule has 2 saturated carbocycles. The highest BCUT2D eigenvalue weighted by molar-refractivity contribution is 7.89. The number of hydrazone groups is 1. The lowest BCUT2D eigenvalue weighted by Crippen LogP contribution is -2.35. The molecule has 2 bridgehead atoms. The number of halogens is 1. The van der Waals surface area contributed by atoms with Crippen LogP contribution in [0.3, 0.4) is 0 Å². The van der Waals surface area contributed by atoms with Gasteiger partial charge >= 0.3 is 5.97 Å². The van der Waals surface area contributed by atoms with Crippen LogP contribution in [0, 0.1) is 16.7 Å². The van der Waals surface area contributed by atoms with Crippen molar-refractivity contribution in [1.29, 1.82) is 0 Å². The molecule has 0 radical (unpaired) electrons. The summed E-state index contributed by atoms with van der Waals surface area (Å²) in [5, 5.41) is 4.38. The molecule has 8 nitrogen and oxygen atoms in total. The second kappa shape index (κ2) is 9.35. The standard InChI is InChI=1S/C23H32ClN3O5S/c1-6-27(7-2)33(30,31)16-8-9-18(24)17(13-16)21(29)32-14-20(28)26-25-19-12-15-10-11-23(19,5)22(15,3)4/h8-9,13,15H,6-7,10-12,14H2,1-5H3,(H,26,28)/b25-19-. The van der Waals surface area contributed by atoms with E-state index in [9.17, 15) is 18.0 Å². The van der Waals surface area contributed by atoms with Crippen LogP contribution >= 0.6 is 11.6 Å². The lowest BCUT2D eigenvalue weighted by atomic mass is 9.70. The van der Waals surface area contributed by atoms with Gasteiger partial charge in [-0.15, -0.1) is 0 Å². The molecular weight excluding hydrogens is 466 g/mol. The zero-order chi connectivity index (χ0) is 24.6. The molecule has 1 amide bonds. The quantitative estimate of drug-likeness (QED) is 0.434. The normalized spacial score (nSPS) is 24.9. The molecule has 0 saturated heterocycles. The lowest BCUT2D eigenvalue weighted by Gasteiger charge is -2.34. The number of rotatable bonds is 8. The zero-order valence-corrected chi connectivity index (χ0v) is 21.3. The Morgan fingerprint density at radius 1 is 1.24 bits per heavy atom. The van der Waals surface area contributed by atoms with Crippen LogP contribution in [0.2, 0.25) is 5.02 Å². The molecule has 2 aliphatic carbocycles. The number of nitrogens with one attached hydrogen (secondary N) is 1. The van der Waals surface area contributed by atoms with Crippen LogP contribution in [-0.2, 0) is 19.6 Å². The van der Waals surface area contributed by atoms with E-state index in [4.69, 9.17) is 16.3 Å². The van der Waals surface area contributed by atoms with Gasteiger partial charge < -0.3 is 4.74 Å². The predicted molar refractivity (Wildman–Crippen MR) is 127 cm³/mol. The van der Waals surface area contributed by atoms with Crippen molar-refractivity contribution in [1.82, 2.24) is 9.73 Å². The first kappa shape index (κ1) is 25.6. The Morgan fingerprint density at radius 2 is 1.91 bits per heavy atom. The first-order chi connectivity index (χ1) is 15.4. The fourth-order valence-electron chi connectivity index (χ4n) is 5.00. The van der Waals surface area contributed by atoms with Crippen molar-refractivity contribution in [2.24, 2.45) is 21.8 Å². The van der Waals surface area contributed by atoms with E-state index in [-0.39, 0.29) is 26.3 Å². The summed E-state index contributed by atoms with van der Waals surface area (Å²) in [7, 11) is -3.77. The van der Waals surface area contributed by atoms with E-state index in [0.29, 0.717) is 19.0 Å².